The van der Waals surface area contributed by atoms with E-state index in [0.29, 0.717) is 12.1 Å². The first-order valence-electron chi connectivity index (χ1n) is 7.79. The number of carbonyl (C=O) groups excluding carboxylic acids is 3. The van der Waals surface area contributed by atoms with Crippen LogP contribution >= 0.6 is 0 Å². The van der Waals surface area contributed by atoms with Gasteiger partial charge in [0.15, 0.2) is 17.3 Å². The average molecular weight is 457 g/mol. The summed E-state index contributed by atoms with van der Waals surface area (Å²) in [4.78, 5) is 31.1. The molecule has 0 amide bonds. The van der Waals surface area contributed by atoms with Crippen molar-refractivity contribution in [3.63, 3.8) is 0 Å². The molecular formula is C19H27NO6Zr. The smallest absolute Gasteiger partial charge is 0.187 e. The van der Waals surface area contributed by atoms with Crippen molar-refractivity contribution in [3.8, 4) is 0 Å². The molecule has 0 saturated heterocycles. The number of rotatable bonds is 5. The van der Waals surface area contributed by atoms with Gasteiger partial charge in [-0.25, -0.2) is 0 Å². The molecule has 27 heavy (non-hydrogen) atoms. The van der Waals surface area contributed by atoms with Gasteiger partial charge in [0.1, 0.15) is 0 Å². The number of carbonyl (C=O) groups is 3. The summed E-state index contributed by atoms with van der Waals surface area (Å²) < 4.78 is 0. The van der Waals surface area contributed by atoms with Gasteiger partial charge >= 0.3 is 0 Å². The molecule has 0 unspecified atom stereocenters. The van der Waals surface area contributed by atoms with E-state index in [-0.39, 0.29) is 61.7 Å². The Labute approximate surface area is 179 Å². The summed E-state index contributed by atoms with van der Waals surface area (Å²) in [6, 6.07) is 0. The minimum atomic E-state index is -0.125. The molecule has 0 radical (unpaired) electrons. The third-order valence-electron chi connectivity index (χ3n) is 2.26. The van der Waals surface area contributed by atoms with Crippen LogP contribution in [0, 0.1) is 0 Å². The van der Waals surface area contributed by atoms with Gasteiger partial charge < -0.3 is 20.6 Å². The van der Waals surface area contributed by atoms with Crippen LogP contribution in [0.25, 0.3) is 0 Å². The van der Waals surface area contributed by atoms with E-state index in [1.54, 1.807) is 24.4 Å². The zero-order valence-electron chi connectivity index (χ0n) is 16.0. The first kappa shape index (κ1) is 29.7. The molecule has 0 aromatic rings. The molecule has 0 heterocycles. The van der Waals surface area contributed by atoms with E-state index < -0.39 is 0 Å². The second-order valence-electron chi connectivity index (χ2n) is 5.15. The van der Waals surface area contributed by atoms with Crippen molar-refractivity contribution in [1.82, 2.24) is 5.32 Å². The van der Waals surface area contributed by atoms with Crippen LogP contribution in [0.5, 0.6) is 0 Å². The van der Waals surface area contributed by atoms with Crippen molar-refractivity contribution in [2.75, 3.05) is 13.2 Å². The molecule has 148 valence electrons. The van der Waals surface area contributed by atoms with Gasteiger partial charge in [0, 0.05) is 56.7 Å². The quantitative estimate of drug-likeness (QED) is 0.284. The largest absolute Gasteiger partial charge is 0.512 e. The average Bonchev–Trinajstić information content (AvgIpc) is 2.48. The number of ketones is 3. The summed E-state index contributed by atoms with van der Waals surface area (Å²) >= 11 is 0. The number of aliphatic hydroxyl groups excluding tert-OH is 3. The predicted octanol–water partition coefficient (Wildman–Crippen LogP) is 2.22. The van der Waals surface area contributed by atoms with Crippen LogP contribution in [0.1, 0.15) is 27.7 Å². The van der Waals surface area contributed by atoms with Crippen LogP contribution in [0.2, 0.25) is 0 Å². The number of aliphatic hydroxyl groups is 3. The van der Waals surface area contributed by atoms with E-state index in [1.165, 1.54) is 45.9 Å². The third-order valence-corrected chi connectivity index (χ3v) is 2.26. The molecule has 0 saturated carbocycles. The Hall–Kier alpha value is -2.05. The Bertz CT molecular complexity index is 594. The van der Waals surface area contributed by atoms with E-state index in [1.807, 2.05) is 0 Å². The molecule has 7 nitrogen and oxygen atoms in total. The molecule has 0 aliphatic heterocycles. The fourth-order valence-electron chi connectivity index (χ4n) is 1.43. The fourth-order valence-corrected chi connectivity index (χ4v) is 1.43. The molecule has 0 bridgehead atoms. The minimum absolute atomic E-state index is 0. The second-order valence-corrected chi connectivity index (χ2v) is 5.15. The monoisotopic (exact) mass is 455 g/mol. The van der Waals surface area contributed by atoms with Crippen molar-refractivity contribution in [2.24, 2.45) is 0 Å². The molecule has 1 aliphatic rings. The van der Waals surface area contributed by atoms with Gasteiger partial charge in [-0.1, -0.05) is 12.2 Å². The third kappa shape index (κ3) is 24.0. The molecule has 1 aliphatic carbocycles. The summed E-state index contributed by atoms with van der Waals surface area (Å²) in [6.07, 6.45) is 10.7. The summed E-state index contributed by atoms with van der Waals surface area (Å²) in [5, 5.41) is 28.0. The van der Waals surface area contributed by atoms with Gasteiger partial charge in [0.2, 0.25) is 0 Å². The van der Waals surface area contributed by atoms with E-state index in [9.17, 15) is 14.4 Å². The molecular weight excluding hydrogens is 429 g/mol. The Kier molecular flexibility index (Phi) is 20.6. The molecule has 1 rings (SSSR count). The van der Waals surface area contributed by atoms with Crippen LogP contribution in [0.3, 0.4) is 0 Å². The first-order valence-corrected chi connectivity index (χ1v) is 7.79. The maximum absolute atomic E-state index is 11.1. The molecule has 0 fully saturated rings. The van der Waals surface area contributed by atoms with Crippen LogP contribution in [-0.2, 0) is 40.6 Å². The molecule has 0 aromatic carbocycles. The molecule has 0 atom stereocenters. The molecule has 0 spiro atoms. The van der Waals surface area contributed by atoms with Crippen LogP contribution in [-0.4, -0.2) is 45.8 Å². The first-order chi connectivity index (χ1) is 12.1. The van der Waals surface area contributed by atoms with Crippen molar-refractivity contribution in [3.05, 3.63) is 59.7 Å². The summed E-state index contributed by atoms with van der Waals surface area (Å²) in [6.45, 7) is 6.23. The second kappa shape index (κ2) is 18.7. The Morgan fingerprint density at radius 1 is 0.963 bits per heavy atom. The fraction of sp³-hybridized carbons (Fsp3) is 0.316. The number of allylic oxidation sites excluding steroid dienone is 9. The van der Waals surface area contributed by atoms with E-state index in [4.69, 9.17) is 15.3 Å². The zero-order chi connectivity index (χ0) is 20.5. The molecule has 0 aromatic heterocycles. The van der Waals surface area contributed by atoms with E-state index in [0.717, 1.165) is 0 Å². The Balaban J connectivity index is -0.000000336. The maximum Gasteiger partial charge on any atom is 0.187 e. The van der Waals surface area contributed by atoms with Crippen LogP contribution < -0.4 is 5.32 Å². The van der Waals surface area contributed by atoms with Gasteiger partial charge in [-0.3, -0.25) is 14.4 Å². The molecule has 4 N–H and O–H groups in total. The number of hydrogen-bond donors (Lipinski definition) is 4. The zero-order valence-corrected chi connectivity index (χ0v) is 18.5. The SMILES string of the molecule is CC(=O)/C=C(/C)O.CC(=O)/C=C(/C)O.O=C1C=CC=C/C1=C\NCCO.[Zr]. The van der Waals surface area contributed by atoms with Gasteiger partial charge in [-0.2, -0.15) is 0 Å². The Morgan fingerprint density at radius 2 is 1.41 bits per heavy atom. The van der Waals surface area contributed by atoms with E-state index >= 15 is 0 Å². The summed E-state index contributed by atoms with van der Waals surface area (Å²) in [5.74, 6) is -0.136. The van der Waals surface area contributed by atoms with Gasteiger partial charge in [0.25, 0.3) is 0 Å². The van der Waals surface area contributed by atoms with Crippen molar-refractivity contribution in [2.45, 2.75) is 27.7 Å². The number of nitrogens with one attached hydrogen (secondary N) is 1. The van der Waals surface area contributed by atoms with Gasteiger partial charge in [0.05, 0.1) is 18.1 Å². The van der Waals surface area contributed by atoms with Crippen molar-refractivity contribution in [1.29, 1.82) is 0 Å². The minimum Gasteiger partial charge on any atom is -0.512 e. The van der Waals surface area contributed by atoms with Gasteiger partial charge in [-0.05, 0) is 39.8 Å². The summed E-state index contributed by atoms with van der Waals surface area (Å²) in [7, 11) is 0. The standard InChI is InChI=1S/C9H11NO2.2C5H8O2.Zr/c11-6-5-10-7-8-3-1-2-4-9(8)12;2*1-4(6)3-5(2)7;/h1-4,7,10-11H,5-6H2;2*3,6H,1-2H3;/b8-7+;2*4-3-;. The van der Waals surface area contributed by atoms with Crippen LogP contribution in [0.4, 0.5) is 0 Å². The summed E-state index contributed by atoms with van der Waals surface area (Å²) in [5.41, 5.74) is 0.617. The van der Waals surface area contributed by atoms with Crippen molar-refractivity contribution >= 4 is 17.3 Å². The Morgan fingerprint density at radius 3 is 1.70 bits per heavy atom. The van der Waals surface area contributed by atoms with Crippen molar-refractivity contribution < 1.29 is 55.9 Å². The topological polar surface area (TPSA) is 124 Å². The normalized spacial score (nSPS) is 14.3. The molecule has 8 heteroatoms. The van der Waals surface area contributed by atoms with E-state index in [2.05, 4.69) is 5.32 Å². The van der Waals surface area contributed by atoms with Gasteiger partial charge in [-0.15, -0.1) is 0 Å². The number of hydrogen-bond acceptors (Lipinski definition) is 7. The van der Waals surface area contributed by atoms with Crippen LogP contribution in [0.15, 0.2) is 59.7 Å². The maximum atomic E-state index is 11.1. The predicted molar refractivity (Wildman–Crippen MR) is 101 cm³/mol.